The Balaban J connectivity index is 1.99. The Morgan fingerprint density at radius 2 is 1.92 bits per heavy atom. The fourth-order valence-electron chi connectivity index (χ4n) is 2.49. The monoisotopic (exact) mass is 360 g/mol. The highest BCUT2D eigenvalue weighted by Gasteiger charge is 2.16. The van der Waals surface area contributed by atoms with Crippen molar-refractivity contribution >= 4 is 23.6 Å². The lowest BCUT2D eigenvalue weighted by Crippen LogP contribution is -2.45. The standard InChI is InChI=1S/C18H24N4O2S/c1-5-19-17(24)14(4)21-16(23)11-25-18-20-6-7-22(18)15-9-12(2)8-13(3)10-15/h6-10,14H,5,11H2,1-4H3,(H,19,24)(H,21,23)/t14-/m0/s1. The molecule has 2 rings (SSSR count). The fraction of sp³-hybridized carbons (Fsp3) is 0.389. The SMILES string of the molecule is CCNC(=O)[C@H](C)NC(=O)CSc1nccn1-c1cc(C)cc(C)c1. The minimum atomic E-state index is -0.549. The number of likely N-dealkylation sites (N-methyl/N-ethyl adjacent to an activating group) is 1. The second kappa shape index (κ2) is 8.71. The summed E-state index contributed by atoms with van der Waals surface area (Å²) in [5.74, 6) is -0.178. The van der Waals surface area contributed by atoms with Gasteiger partial charge in [-0.3, -0.25) is 14.2 Å². The van der Waals surface area contributed by atoms with Crippen LogP contribution in [0, 0.1) is 13.8 Å². The molecule has 0 aliphatic rings. The van der Waals surface area contributed by atoms with Gasteiger partial charge in [-0.15, -0.1) is 0 Å². The summed E-state index contributed by atoms with van der Waals surface area (Å²) >= 11 is 1.34. The summed E-state index contributed by atoms with van der Waals surface area (Å²) in [5.41, 5.74) is 3.37. The number of aryl methyl sites for hydroxylation is 2. The van der Waals surface area contributed by atoms with Crippen LogP contribution in [0.3, 0.4) is 0 Å². The minimum absolute atomic E-state index is 0.183. The van der Waals surface area contributed by atoms with Gasteiger partial charge in [-0.05, 0) is 51.0 Å². The molecule has 0 aliphatic carbocycles. The van der Waals surface area contributed by atoms with Gasteiger partial charge in [-0.1, -0.05) is 17.8 Å². The first kappa shape index (κ1) is 19.1. The van der Waals surface area contributed by atoms with Gasteiger partial charge in [-0.25, -0.2) is 4.98 Å². The Kier molecular flexibility index (Phi) is 6.64. The van der Waals surface area contributed by atoms with Crippen molar-refractivity contribution in [3.8, 4) is 5.69 Å². The molecule has 0 fully saturated rings. The van der Waals surface area contributed by atoms with E-state index in [0.717, 1.165) is 10.8 Å². The molecule has 2 amide bonds. The summed E-state index contributed by atoms with van der Waals surface area (Å²) in [6.07, 6.45) is 3.60. The Hall–Kier alpha value is -2.28. The Labute approximate surface area is 152 Å². The molecule has 0 saturated heterocycles. The average molecular weight is 360 g/mol. The molecular weight excluding hydrogens is 336 g/mol. The molecule has 7 heteroatoms. The third-order valence-electron chi connectivity index (χ3n) is 3.55. The zero-order chi connectivity index (χ0) is 18.4. The van der Waals surface area contributed by atoms with Gasteiger partial charge in [-0.2, -0.15) is 0 Å². The molecule has 25 heavy (non-hydrogen) atoms. The Bertz CT molecular complexity index is 737. The van der Waals surface area contributed by atoms with Gasteiger partial charge in [0.15, 0.2) is 5.16 Å². The number of aromatic nitrogens is 2. The summed E-state index contributed by atoms with van der Waals surface area (Å²) in [5, 5.41) is 6.12. The highest BCUT2D eigenvalue weighted by molar-refractivity contribution is 7.99. The zero-order valence-electron chi connectivity index (χ0n) is 15.0. The molecule has 0 bridgehead atoms. The summed E-state index contributed by atoms with van der Waals surface area (Å²) in [6.45, 7) is 8.16. The molecule has 0 aliphatic heterocycles. The molecule has 0 unspecified atom stereocenters. The average Bonchev–Trinajstić information content (AvgIpc) is 3.00. The van der Waals surface area contributed by atoms with Crippen LogP contribution in [0.15, 0.2) is 35.7 Å². The number of hydrogen-bond acceptors (Lipinski definition) is 4. The van der Waals surface area contributed by atoms with Crippen molar-refractivity contribution in [1.82, 2.24) is 20.2 Å². The molecule has 1 aromatic carbocycles. The normalized spacial score (nSPS) is 11.8. The molecule has 1 atom stereocenters. The number of thioether (sulfide) groups is 1. The van der Waals surface area contributed by atoms with Gasteiger partial charge in [0.25, 0.3) is 0 Å². The number of imidazole rings is 1. The van der Waals surface area contributed by atoms with E-state index in [1.54, 1.807) is 13.1 Å². The first-order valence-electron chi connectivity index (χ1n) is 8.22. The molecular formula is C18H24N4O2S. The number of nitrogens with zero attached hydrogens (tertiary/aromatic N) is 2. The van der Waals surface area contributed by atoms with Crippen molar-refractivity contribution in [2.45, 2.75) is 38.9 Å². The van der Waals surface area contributed by atoms with E-state index in [4.69, 9.17) is 0 Å². The molecule has 2 aromatic rings. The van der Waals surface area contributed by atoms with Crippen LogP contribution in [-0.2, 0) is 9.59 Å². The number of carbonyl (C=O) groups excluding carboxylic acids is 2. The number of nitrogens with one attached hydrogen (secondary N) is 2. The first-order valence-corrected chi connectivity index (χ1v) is 9.21. The van der Waals surface area contributed by atoms with Crippen LogP contribution in [0.4, 0.5) is 0 Å². The van der Waals surface area contributed by atoms with Gasteiger partial charge in [0, 0.05) is 24.6 Å². The van der Waals surface area contributed by atoms with Gasteiger partial charge in [0.2, 0.25) is 11.8 Å². The second-order valence-corrected chi connectivity index (χ2v) is 6.84. The van der Waals surface area contributed by atoms with E-state index in [1.165, 1.54) is 22.9 Å². The molecule has 0 radical (unpaired) electrons. The van der Waals surface area contributed by atoms with Crippen molar-refractivity contribution in [3.05, 3.63) is 41.7 Å². The molecule has 1 heterocycles. The summed E-state index contributed by atoms with van der Waals surface area (Å²) in [6, 6.07) is 5.72. The van der Waals surface area contributed by atoms with Crippen LogP contribution in [0.5, 0.6) is 0 Å². The first-order chi connectivity index (χ1) is 11.9. The van der Waals surface area contributed by atoms with Crippen LogP contribution >= 0.6 is 11.8 Å². The van der Waals surface area contributed by atoms with Crippen LogP contribution in [0.2, 0.25) is 0 Å². The van der Waals surface area contributed by atoms with E-state index < -0.39 is 6.04 Å². The summed E-state index contributed by atoms with van der Waals surface area (Å²) in [4.78, 5) is 28.1. The van der Waals surface area contributed by atoms with Crippen molar-refractivity contribution in [1.29, 1.82) is 0 Å². The van der Waals surface area contributed by atoms with Crippen molar-refractivity contribution in [2.75, 3.05) is 12.3 Å². The predicted molar refractivity (Wildman–Crippen MR) is 100 cm³/mol. The van der Waals surface area contributed by atoms with Crippen molar-refractivity contribution in [2.24, 2.45) is 0 Å². The fourth-order valence-corrected chi connectivity index (χ4v) is 3.27. The maximum absolute atomic E-state index is 12.1. The van der Waals surface area contributed by atoms with Gasteiger partial charge in [0.1, 0.15) is 6.04 Å². The highest BCUT2D eigenvalue weighted by atomic mass is 32.2. The number of hydrogen-bond donors (Lipinski definition) is 2. The van der Waals surface area contributed by atoms with Gasteiger partial charge >= 0.3 is 0 Å². The summed E-state index contributed by atoms with van der Waals surface area (Å²) < 4.78 is 1.96. The third-order valence-corrected chi connectivity index (χ3v) is 4.51. The number of amides is 2. The zero-order valence-corrected chi connectivity index (χ0v) is 15.8. The summed E-state index contributed by atoms with van der Waals surface area (Å²) in [7, 11) is 0. The predicted octanol–water partition coefficient (Wildman–Crippen LogP) is 2.22. The molecule has 6 nitrogen and oxygen atoms in total. The molecule has 1 aromatic heterocycles. The van der Waals surface area contributed by atoms with E-state index >= 15 is 0 Å². The number of benzene rings is 1. The van der Waals surface area contributed by atoms with E-state index in [1.807, 2.05) is 17.7 Å². The van der Waals surface area contributed by atoms with E-state index in [2.05, 4.69) is 47.7 Å². The quantitative estimate of drug-likeness (QED) is 0.743. The van der Waals surface area contributed by atoms with Crippen LogP contribution in [-0.4, -0.2) is 39.7 Å². The van der Waals surface area contributed by atoms with Crippen molar-refractivity contribution < 1.29 is 9.59 Å². The third kappa shape index (κ3) is 5.35. The van der Waals surface area contributed by atoms with E-state index in [0.29, 0.717) is 6.54 Å². The minimum Gasteiger partial charge on any atom is -0.355 e. The smallest absolute Gasteiger partial charge is 0.242 e. The number of rotatable bonds is 7. The van der Waals surface area contributed by atoms with E-state index in [-0.39, 0.29) is 17.6 Å². The lowest BCUT2D eigenvalue weighted by molar-refractivity contribution is -0.127. The van der Waals surface area contributed by atoms with Crippen LogP contribution in [0.1, 0.15) is 25.0 Å². The maximum atomic E-state index is 12.1. The van der Waals surface area contributed by atoms with E-state index in [9.17, 15) is 9.59 Å². The van der Waals surface area contributed by atoms with Crippen LogP contribution < -0.4 is 10.6 Å². The number of carbonyl (C=O) groups is 2. The molecule has 2 N–H and O–H groups in total. The van der Waals surface area contributed by atoms with Gasteiger partial charge in [0.05, 0.1) is 5.75 Å². The maximum Gasteiger partial charge on any atom is 0.242 e. The highest BCUT2D eigenvalue weighted by Crippen LogP contribution is 2.22. The topological polar surface area (TPSA) is 76.0 Å². The molecule has 0 saturated carbocycles. The Morgan fingerprint density at radius 3 is 2.56 bits per heavy atom. The second-order valence-electron chi connectivity index (χ2n) is 5.90. The van der Waals surface area contributed by atoms with Gasteiger partial charge < -0.3 is 10.6 Å². The largest absolute Gasteiger partial charge is 0.355 e. The van der Waals surface area contributed by atoms with Crippen molar-refractivity contribution in [3.63, 3.8) is 0 Å². The molecule has 0 spiro atoms. The molecule has 134 valence electrons. The lowest BCUT2D eigenvalue weighted by Gasteiger charge is -2.13. The van der Waals surface area contributed by atoms with Crippen LogP contribution in [0.25, 0.3) is 5.69 Å². The lowest BCUT2D eigenvalue weighted by atomic mass is 10.1. The Morgan fingerprint density at radius 1 is 1.24 bits per heavy atom.